The van der Waals surface area contributed by atoms with Gasteiger partial charge in [0.2, 0.25) is 23.6 Å². The zero-order valence-electron chi connectivity index (χ0n) is 36.3. The number of hydrazine groups is 4. The Labute approximate surface area is 410 Å². The van der Waals surface area contributed by atoms with Crippen molar-refractivity contribution in [1.29, 1.82) is 0 Å². The van der Waals surface area contributed by atoms with Crippen molar-refractivity contribution < 1.29 is 67.7 Å². The molecule has 4 rings (SSSR count). The summed E-state index contributed by atoms with van der Waals surface area (Å²) in [6.07, 6.45) is -0.795. The molecule has 0 saturated carbocycles. The third-order valence-corrected chi connectivity index (χ3v) is 10.4. The summed E-state index contributed by atoms with van der Waals surface area (Å²) in [5.74, 6) is 0.745. The summed E-state index contributed by atoms with van der Waals surface area (Å²) in [5, 5.41) is 5.55. The Morgan fingerprint density at radius 2 is 0.540 bits per heavy atom. The van der Waals surface area contributed by atoms with Gasteiger partial charge in [0, 0.05) is 50.4 Å². The van der Waals surface area contributed by atoms with E-state index in [1.165, 1.54) is 20.0 Å². The number of hydrogen-bond donors (Lipinski definition) is 4. The van der Waals surface area contributed by atoms with Crippen LogP contribution in [0.1, 0.15) is 35.1 Å². The predicted molar refractivity (Wildman–Crippen MR) is 252 cm³/mol. The van der Waals surface area contributed by atoms with Crippen LogP contribution in [-0.2, 0) is 19.2 Å². The summed E-state index contributed by atoms with van der Waals surface area (Å²) in [7, 11) is 12.7. The molecule has 0 unspecified atom stereocenters. The molecule has 0 saturated heterocycles. The van der Waals surface area contributed by atoms with E-state index >= 15 is 0 Å². The SMILES string of the molecule is COc1ccc(C(=S)N(C)NC(=O)CC(=O)NN(C)C(=S)c2ccc(OC)cc2)cc1.COc1ccc(C(=S)N(C)NC(=O)CC(=O)NN(C)C(=S)c2ccc(OC)cc2)cc1.[Na+]. The molecule has 328 valence electrons. The zero-order valence-corrected chi connectivity index (χ0v) is 41.6. The maximum Gasteiger partial charge on any atom is 1.00 e. The average molecular weight is 944 g/mol. The fourth-order valence-electron chi connectivity index (χ4n) is 5.11. The quantitative estimate of drug-likeness (QED) is 0.0692. The molecule has 4 aromatic carbocycles. The normalized spacial score (nSPS) is 9.78. The number of methoxy groups -OCH3 is 4. The minimum absolute atomic E-state index is 0. The van der Waals surface area contributed by atoms with E-state index in [4.69, 9.17) is 67.8 Å². The van der Waals surface area contributed by atoms with E-state index in [9.17, 15) is 19.2 Å². The summed E-state index contributed by atoms with van der Waals surface area (Å²) < 4.78 is 20.5. The summed E-state index contributed by atoms with van der Waals surface area (Å²) in [4.78, 5) is 50.5. The van der Waals surface area contributed by atoms with E-state index in [2.05, 4.69) is 21.7 Å². The van der Waals surface area contributed by atoms with Crippen molar-refractivity contribution in [1.82, 2.24) is 41.7 Å². The van der Waals surface area contributed by atoms with E-state index in [0.717, 1.165) is 22.3 Å². The first-order valence-electron chi connectivity index (χ1n) is 18.4. The minimum Gasteiger partial charge on any atom is -0.497 e. The number of amides is 4. The molecule has 0 heterocycles. The van der Waals surface area contributed by atoms with Gasteiger partial charge in [-0.1, -0.05) is 48.9 Å². The molecule has 0 radical (unpaired) electrons. The Kier molecular flexibility index (Phi) is 22.9. The zero-order chi connectivity index (χ0) is 45.9. The first-order chi connectivity index (χ1) is 29.5. The molecule has 63 heavy (non-hydrogen) atoms. The summed E-state index contributed by atoms with van der Waals surface area (Å²) >= 11 is 21.5. The predicted octanol–water partition coefficient (Wildman–Crippen LogP) is 1.15. The van der Waals surface area contributed by atoms with Crippen LogP contribution in [0.25, 0.3) is 0 Å². The van der Waals surface area contributed by atoms with Crippen LogP contribution < -0.4 is 70.2 Å². The molecule has 0 aliphatic rings. The van der Waals surface area contributed by atoms with Crippen molar-refractivity contribution in [3.05, 3.63) is 119 Å². The number of ether oxygens (including phenoxy) is 4. The van der Waals surface area contributed by atoms with Crippen LogP contribution >= 0.6 is 48.9 Å². The summed E-state index contributed by atoms with van der Waals surface area (Å²) in [6.45, 7) is 0. The van der Waals surface area contributed by atoms with Crippen molar-refractivity contribution in [3.63, 3.8) is 0 Å². The maximum atomic E-state index is 12.2. The number of hydrogen-bond acceptors (Lipinski definition) is 12. The molecule has 0 spiro atoms. The molecule has 4 N–H and O–H groups in total. The van der Waals surface area contributed by atoms with Crippen LogP contribution in [0.4, 0.5) is 0 Å². The second-order valence-electron chi connectivity index (χ2n) is 12.9. The van der Waals surface area contributed by atoms with Gasteiger partial charge >= 0.3 is 29.6 Å². The van der Waals surface area contributed by atoms with Gasteiger partial charge in [0.1, 0.15) is 55.8 Å². The largest absolute Gasteiger partial charge is 1.00 e. The summed E-state index contributed by atoms with van der Waals surface area (Å²) in [6, 6.07) is 28.4. The first-order valence-corrected chi connectivity index (χ1v) is 20.0. The van der Waals surface area contributed by atoms with Gasteiger partial charge in [-0.25, -0.2) is 0 Å². The van der Waals surface area contributed by atoms with Crippen LogP contribution in [0.5, 0.6) is 23.0 Å². The fraction of sp³-hybridized carbons (Fsp3) is 0.238. The van der Waals surface area contributed by atoms with Crippen molar-refractivity contribution in [2.24, 2.45) is 0 Å². The molecule has 4 aromatic rings. The van der Waals surface area contributed by atoms with E-state index in [1.807, 2.05) is 0 Å². The second-order valence-corrected chi connectivity index (χ2v) is 14.4. The number of thiocarbonyl (C=S) groups is 4. The van der Waals surface area contributed by atoms with Crippen LogP contribution in [0.2, 0.25) is 0 Å². The Morgan fingerprint density at radius 1 is 0.381 bits per heavy atom. The molecule has 0 aliphatic carbocycles. The molecule has 0 atom stereocenters. The van der Waals surface area contributed by atoms with Crippen LogP contribution in [0.3, 0.4) is 0 Å². The Balaban J connectivity index is 0.000000427. The van der Waals surface area contributed by atoms with Gasteiger partial charge in [0.25, 0.3) is 0 Å². The topological polar surface area (TPSA) is 166 Å². The van der Waals surface area contributed by atoms with Crippen molar-refractivity contribution >= 4 is 92.5 Å². The van der Waals surface area contributed by atoms with E-state index < -0.39 is 36.5 Å². The number of carbonyl (C=O) groups is 4. The van der Waals surface area contributed by atoms with Gasteiger partial charge in [0.05, 0.1) is 28.4 Å². The van der Waals surface area contributed by atoms with Crippen LogP contribution in [0.15, 0.2) is 97.1 Å². The van der Waals surface area contributed by atoms with Gasteiger partial charge in [-0.05, 0) is 97.1 Å². The second kappa shape index (κ2) is 26.9. The van der Waals surface area contributed by atoms with Gasteiger partial charge in [-0.3, -0.25) is 60.9 Å². The van der Waals surface area contributed by atoms with Crippen molar-refractivity contribution in [2.45, 2.75) is 12.8 Å². The minimum atomic E-state index is -0.514. The Bertz CT molecular complexity index is 1910. The van der Waals surface area contributed by atoms with E-state index in [-0.39, 0.29) is 29.6 Å². The van der Waals surface area contributed by atoms with E-state index in [0.29, 0.717) is 43.0 Å². The molecule has 0 aromatic heterocycles. The molecule has 0 fully saturated rings. The number of nitrogens with one attached hydrogen (secondary N) is 4. The number of carbonyl (C=O) groups excluding carboxylic acids is 4. The number of rotatable bonds is 12. The fourth-order valence-corrected chi connectivity index (χ4v) is 5.84. The van der Waals surface area contributed by atoms with E-state index in [1.54, 1.807) is 154 Å². The van der Waals surface area contributed by atoms with Crippen molar-refractivity contribution in [3.8, 4) is 23.0 Å². The third-order valence-electron chi connectivity index (χ3n) is 8.38. The van der Waals surface area contributed by atoms with Gasteiger partial charge < -0.3 is 18.9 Å². The monoisotopic (exact) mass is 943 g/mol. The standard InChI is InChI=1S/2C21H24N4O4S2.Na/c2*1-24(20(30)14-5-9-16(28-3)10-6-14)22-18(26)13-19(27)23-25(2)21(31)15-7-11-17(29-4)12-8-15;/h2*5-12H,13H2,1-4H3,(H,22,26)(H,23,27);/q;;+1. The molecular formula is C42H48N8NaO8S4+. The molecule has 0 aliphatic heterocycles. The van der Waals surface area contributed by atoms with Crippen molar-refractivity contribution in [2.75, 3.05) is 56.6 Å². The maximum absolute atomic E-state index is 12.2. The average Bonchev–Trinajstić information content (AvgIpc) is 3.27. The van der Waals surface area contributed by atoms with Crippen LogP contribution in [0, 0.1) is 0 Å². The Morgan fingerprint density at radius 3 is 0.683 bits per heavy atom. The first kappa shape index (κ1) is 53.7. The smallest absolute Gasteiger partial charge is 0.497 e. The Hall–Kier alpha value is -5.48. The number of nitrogens with zero attached hydrogens (tertiary/aromatic N) is 4. The number of benzene rings is 4. The van der Waals surface area contributed by atoms with Gasteiger partial charge in [-0.2, -0.15) is 0 Å². The molecular weight excluding hydrogens is 896 g/mol. The van der Waals surface area contributed by atoms with Crippen LogP contribution in [-0.4, -0.2) is 120 Å². The molecule has 0 bridgehead atoms. The molecule has 4 amide bonds. The molecule has 21 heteroatoms. The summed E-state index contributed by atoms with van der Waals surface area (Å²) in [5.41, 5.74) is 13.2. The van der Waals surface area contributed by atoms with Gasteiger partial charge in [-0.15, -0.1) is 0 Å². The molecule has 16 nitrogen and oxygen atoms in total. The third kappa shape index (κ3) is 17.3. The van der Waals surface area contributed by atoms with Gasteiger partial charge in [0.15, 0.2) is 0 Å².